The van der Waals surface area contributed by atoms with E-state index in [0.717, 1.165) is 13.0 Å². The predicted octanol–water partition coefficient (Wildman–Crippen LogP) is 2.63. The van der Waals surface area contributed by atoms with Gasteiger partial charge in [0.15, 0.2) is 11.6 Å². The lowest BCUT2D eigenvalue weighted by Gasteiger charge is -2.26. The number of halogens is 2. The summed E-state index contributed by atoms with van der Waals surface area (Å²) in [4.78, 5) is 10.0. The standard InChI is InChI=1S/C12H17ClFN3/c1-3-9-11(14)12(16-7-15-9)17-5-4-8(2)10(17)6-13/h7-8,10H,3-6H2,1-2H3. The van der Waals surface area contributed by atoms with Crippen molar-refractivity contribution >= 4 is 17.4 Å². The summed E-state index contributed by atoms with van der Waals surface area (Å²) < 4.78 is 14.2. The second-order valence-corrected chi connectivity index (χ2v) is 4.80. The van der Waals surface area contributed by atoms with E-state index >= 15 is 0 Å². The topological polar surface area (TPSA) is 29.0 Å². The SMILES string of the molecule is CCc1ncnc(N2CCC(C)C2CCl)c1F. The summed E-state index contributed by atoms with van der Waals surface area (Å²) in [6.07, 6.45) is 3.05. The van der Waals surface area contributed by atoms with Crippen molar-refractivity contribution in [2.75, 3.05) is 17.3 Å². The summed E-state index contributed by atoms with van der Waals surface area (Å²) in [5, 5.41) is 0. The normalized spacial score (nSPS) is 24.4. The van der Waals surface area contributed by atoms with E-state index in [9.17, 15) is 4.39 Å². The van der Waals surface area contributed by atoms with Crippen LogP contribution in [0.4, 0.5) is 10.2 Å². The maximum absolute atomic E-state index is 14.2. The molecule has 1 saturated heterocycles. The number of nitrogens with zero attached hydrogens (tertiary/aromatic N) is 3. The summed E-state index contributed by atoms with van der Waals surface area (Å²) in [5.74, 6) is 1.10. The number of rotatable bonds is 3. The Kier molecular flexibility index (Phi) is 3.82. The third kappa shape index (κ3) is 2.23. The van der Waals surface area contributed by atoms with Gasteiger partial charge in [0.1, 0.15) is 6.33 Å². The number of hydrogen-bond donors (Lipinski definition) is 0. The molecule has 0 saturated carbocycles. The molecule has 1 aliphatic heterocycles. The van der Waals surface area contributed by atoms with Gasteiger partial charge in [0.25, 0.3) is 0 Å². The molecule has 0 N–H and O–H groups in total. The van der Waals surface area contributed by atoms with E-state index in [1.54, 1.807) is 0 Å². The highest BCUT2D eigenvalue weighted by Crippen LogP contribution is 2.31. The Morgan fingerprint density at radius 1 is 1.53 bits per heavy atom. The number of aryl methyl sites for hydroxylation is 1. The molecule has 94 valence electrons. The molecular weight excluding hydrogens is 241 g/mol. The highest BCUT2D eigenvalue weighted by Gasteiger charge is 2.33. The lowest BCUT2D eigenvalue weighted by Crippen LogP contribution is -2.35. The molecule has 2 rings (SSSR count). The van der Waals surface area contributed by atoms with Gasteiger partial charge in [0.05, 0.1) is 5.69 Å². The molecule has 2 heterocycles. The van der Waals surface area contributed by atoms with Gasteiger partial charge in [-0.1, -0.05) is 13.8 Å². The highest BCUT2D eigenvalue weighted by atomic mass is 35.5. The molecule has 0 bridgehead atoms. The molecule has 17 heavy (non-hydrogen) atoms. The van der Waals surface area contributed by atoms with Gasteiger partial charge in [-0.3, -0.25) is 0 Å². The third-order valence-corrected chi connectivity index (χ3v) is 3.81. The molecule has 0 spiro atoms. The van der Waals surface area contributed by atoms with Crippen LogP contribution in [0.2, 0.25) is 0 Å². The maximum atomic E-state index is 14.2. The molecule has 3 nitrogen and oxygen atoms in total. The molecule has 0 amide bonds. The average molecular weight is 258 g/mol. The van der Waals surface area contributed by atoms with Crippen LogP contribution in [0.15, 0.2) is 6.33 Å². The Balaban J connectivity index is 2.34. The van der Waals surface area contributed by atoms with Crippen molar-refractivity contribution in [1.29, 1.82) is 0 Å². The first-order valence-electron chi connectivity index (χ1n) is 6.01. The Labute approximate surface area is 106 Å². The molecule has 1 fully saturated rings. The van der Waals surface area contributed by atoms with Crippen LogP contribution >= 0.6 is 11.6 Å². The van der Waals surface area contributed by atoms with Crippen LogP contribution in [0.25, 0.3) is 0 Å². The maximum Gasteiger partial charge on any atom is 0.187 e. The van der Waals surface area contributed by atoms with Crippen LogP contribution in [0.3, 0.4) is 0 Å². The zero-order valence-electron chi connectivity index (χ0n) is 10.2. The monoisotopic (exact) mass is 257 g/mol. The van der Waals surface area contributed by atoms with Gasteiger partial charge in [0, 0.05) is 18.5 Å². The molecule has 2 atom stereocenters. The molecule has 0 aliphatic carbocycles. The van der Waals surface area contributed by atoms with E-state index in [-0.39, 0.29) is 11.9 Å². The summed E-state index contributed by atoms with van der Waals surface area (Å²) in [5.41, 5.74) is 0.475. The van der Waals surface area contributed by atoms with Gasteiger partial charge in [0.2, 0.25) is 0 Å². The quantitative estimate of drug-likeness (QED) is 0.780. The zero-order valence-corrected chi connectivity index (χ0v) is 10.9. The van der Waals surface area contributed by atoms with Crippen molar-refractivity contribution in [3.63, 3.8) is 0 Å². The summed E-state index contributed by atoms with van der Waals surface area (Å²) in [6, 6.07) is 0.172. The van der Waals surface area contributed by atoms with Crippen LogP contribution in [0.1, 0.15) is 26.0 Å². The number of hydrogen-bond acceptors (Lipinski definition) is 3. The molecule has 1 aromatic rings. The van der Waals surface area contributed by atoms with E-state index in [2.05, 4.69) is 16.9 Å². The van der Waals surface area contributed by atoms with Gasteiger partial charge in [-0.25, -0.2) is 14.4 Å². The van der Waals surface area contributed by atoms with Crippen molar-refractivity contribution in [2.45, 2.75) is 32.7 Å². The van der Waals surface area contributed by atoms with Crippen molar-refractivity contribution in [3.8, 4) is 0 Å². The highest BCUT2D eigenvalue weighted by molar-refractivity contribution is 6.18. The fourth-order valence-corrected chi connectivity index (χ4v) is 2.82. The first-order valence-corrected chi connectivity index (χ1v) is 6.54. The minimum atomic E-state index is -0.292. The second kappa shape index (κ2) is 5.17. The van der Waals surface area contributed by atoms with Crippen LogP contribution < -0.4 is 4.90 Å². The van der Waals surface area contributed by atoms with E-state index < -0.39 is 0 Å². The smallest absolute Gasteiger partial charge is 0.187 e. The first-order chi connectivity index (χ1) is 8.19. The molecule has 1 aromatic heterocycles. The van der Waals surface area contributed by atoms with Crippen molar-refractivity contribution in [2.24, 2.45) is 5.92 Å². The summed E-state index contributed by atoms with van der Waals surface area (Å²) in [7, 11) is 0. The molecule has 0 radical (unpaired) electrons. The minimum Gasteiger partial charge on any atom is -0.350 e. The molecule has 2 unspecified atom stereocenters. The Morgan fingerprint density at radius 2 is 2.29 bits per heavy atom. The van der Waals surface area contributed by atoms with Crippen LogP contribution in [-0.4, -0.2) is 28.4 Å². The van der Waals surface area contributed by atoms with Gasteiger partial charge in [-0.05, 0) is 18.8 Å². The molecule has 1 aliphatic rings. The lowest BCUT2D eigenvalue weighted by atomic mass is 10.1. The van der Waals surface area contributed by atoms with Crippen LogP contribution in [0, 0.1) is 11.7 Å². The number of anilines is 1. The van der Waals surface area contributed by atoms with Crippen LogP contribution in [-0.2, 0) is 6.42 Å². The van der Waals surface area contributed by atoms with Gasteiger partial charge in [-0.2, -0.15) is 0 Å². The van der Waals surface area contributed by atoms with Crippen molar-refractivity contribution < 1.29 is 4.39 Å². The molecule has 5 heteroatoms. The van der Waals surface area contributed by atoms with Gasteiger partial charge < -0.3 is 4.90 Å². The summed E-state index contributed by atoms with van der Waals surface area (Å²) in [6.45, 7) is 4.85. The zero-order chi connectivity index (χ0) is 12.4. The Hall–Kier alpha value is -0.900. The Morgan fingerprint density at radius 3 is 2.94 bits per heavy atom. The minimum absolute atomic E-state index is 0.172. The number of aromatic nitrogens is 2. The van der Waals surface area contributed by atoms with Gasteiger partial charge >= 0.3 is 0 Å². The van der Waals surface area contributed by atoms with E-state index in [0.29, 0.717) is 29.7 Å². The third-order valence-electron chi connectivity index (χ3n) is 3.49. The van der Waals surface area contributed by atoms with E-state index in [1.165, 1.54) is 6.33 Å². The van der Waals surface area contributed by atoms with Crippen LogP contribution in [0.5, 0.6) is 0 Å². The van der Waals surface area contributed by atoms with Gasteiger partial charge in [-0.15, -0.1) is 11.6 Å². The van der Waals surface area contributed by atoms with Crippen molar-refractivity contribution in [1.82, 2.24) is 9.97 Å². The van der Waals surface area contributed by atoms with E-state index in [1.807, 2.05) is 11.8 Å². The fourth-order valence-electron chi connectivity index (χ4n) is 2.35. The predicted molar refractivity (Wildman–Crippen MR) is 67.0 cm³/mol. The lowest BCUT2D eigenvalue weighted by molar-refractivity contribution is 0.535. The van der Waals surface area contributed by atoms with E-state index in [4.69, 9.17) is 11.6 Å². The fraction of sp³-hybridized carbons (Fsp3) is 0.667. The number of alkyl halides is 1. The molecular formula is C12H17ClFN3. The Bertz CT molecular complexity index is 399. The molecule has 0 aromatic carbocycles. The first kappa shape index (κ1) is 12.6. The largest absolute Gasteiger partial charge is 0.350 e. The summed E-state index contributed by atoms with van der Waals surface area (Å²) >= 11 is 5.97. The van der Waals surface area contributed by atoms with Crippen molar-refractivity contribution in [3.05, 3.63) is 17.8 Å². The second-order valence-electron chi connectivity index (χ2n) is 4.49. The average Bonchev–Trinajstić information content (AvgIpc) is 2.70.